The van der Waals surface area contributed by atoms with E-state index in [-0.39, 0.29) is 18.4 Å². The van der Waals surface area contributed by atoms with E-state index < -0.39 is 0 Å². The molecule has 0 saturated carbocycles. The van der Waals surface area contributed by atoms with Gasteiger partial charge in [0.1, 0.15) is 6.54 Å². The summed E-state index contributed by atoms with van der Waals surface area (Å²) in [5.41, 5.74) is 2.98. The van der Waals surface area contributed by atoms with Gasteiger partial charge in [-0.15, -0.1) is 0 Å². The largest absolute Gasteiger partial charge is 0.355 e. The topological polar surface area (TPSA) is 49.4 Å². The van der Waals surface area contributed by atoms with E-state index in [1.807, 2.05) is 25.1 Å². The summed E-state index contributed by atoms with van der Waals surface area (Å²) in [5, 5.41) is 2.86. The Labute approximate surface area is 127 Å². The van der Waals surface area contributed by atoms with Gasteiger partial charge in [-0.05, 0) is 30.9 Å². The molecular weight excluding hydrogens is 264 g/mol. The van der Waals surface area contributed by atoms with Crippen LogP contribution in [-0.2, 0) is 16.0 Å². The molecule has 0 aromatic heterocycles. The van der Waals surface area contributed by atoms with E-state index in [9.17, 15) is 9.59 Å². The molecule has 21 heavy (non-hydrogen) atoms. The van der Waals surface area contributed by atoms with E-state index in [4.69, 9.17) is 0 Å². The second-order valence-electron chi connectivity index (χ2n) is 5.24. The second kappa shape index (κ2) is 8.45. The Morgan fingerprint density at radius 1 is 1.24 bits per heavy atom. The fourth-order valence-electron chi connectivity index (χ4n) is 2.34. The van der Waals surface area contributed by atoms with E-state index in [0.717, 1.165) is 36.1 Å². The summed E-state index contributed by atoms with van der Waals surface area (Å²) < 4.78 is 0. The Hall–Kier alpha value is -1.84. The second-order valence-corrected chi connectivity index (χ2v) is 5.24. The summed E-state index contributed by atoms with van der Waals surface area (Å²) in [6.45, 7) is 8.35. The molecule has 4 heteroatoms. The van der Waals surface area contributed by atoms with Crippen LogP contribution in [0.5, 0.6) is 0 Å². The molecule has 0 spiro atoms. The maximum atomic E-state index is 12.0. The van der Waals surface area contributed by atoms with E-state index >= 15 is 0 Å². The number of anilines is 1. The van der Waals surface area contributed by atoms with Crippen LogP contribution in [-0.4, -0.2) is 24.9 Å². The first-order chi connectivity index (χ1) is 10.0. The molecular formula is C17H26N2O2. The fourth-order valence-corrected chi connectivity index (χ4v) is 2.34. The number of aryl methyl sites for hydroxylation is 2. The Morgan fingerprint density at radius 3 is 2.52 bits per heavy atom. The van der Waals surface area contributed by atoms with Crippen molar-refractivity contribution in [2.24, 2.45) is 0 Å². The molecule has 0 aliphatic heterocycles. The van der Waals surface area contributed by atoms with E-state index in [1.54, 1.807) is 4.90 Å². The van der Waals surface area contributed by atoms with E-state index in [0.29, 0.717) is 6.54 Å². The molecule has 0 fully saturated rings. The van der Waals surface area contributed by atoms with Crippen LogP contribution in [0.25, 0.3) is 0 Å². The van der Waals surface area contributed by atoms with Crippen LogP contribution in [0, 0.1) is 6.92 Å². The molecule has 0 heterocycles. The molecule has 0 aliphatic carbocycles. The van der Waals surface area contributed by atoms with Gasteiger partial charge in [-0.1, -0.05) is 38.5 Å². The van der Waals surface area contributed by atoms with Crippen LogP contribution in [0.3, 0.4) is 0 Å². The van der Waals surface area contributed by atoms with Crippen molar-refractivity contribution < 1.29 is 9.59 Å². The zero-order chi connectivity index (χ0) is 15.8. The highest BCUT2D eigenvalue weighted by Gasteiger charge is 2.19. The van der Waals surface area contributed by atoms with Crippen molar-refractivity contribution >= 4 is 17.5 Å². The zero-order valence-corrected chi connectivity index (χ0v) is 13.5. The molecule has 116 valence electrons. The predicted molar refractivity (Wildman–Crippen MR) is 86.5 cm³/mol. The molecule has 1 aromatic carbocycles. The van der Waals surface area contributed by atoms with Crippen molar-refractivity contribution in [1.29, 1.82) is 0 Å². The lowest BCUT2D eigenvalue weighted by Crippen LogP contribution is -2.40. The summed E-state index contributed by atoms with van der Waals surface area (Å²) >= 11 is 0. The molecule has 2 amide bonds. The van der Waals surface area contributed by atoms with Crippen molar-refractivity contribution in [3.8, 4) is 0 Å². The molecule has 0 saturated heterocycles. The van der Waals surface area contributed by atoms with Crippen molar-refractivity contribution in [1.82, 2.24) is 5.32 Å². The lowest BCUT2D eigenvalue weighted by molar-refractivity contribution is -0.123. The average molecular weight is 290 g/mol. The molecule has 0 bridgehead atoms. The minimum atomic E-state index is -0.107. The number of para-hydroxylation sites is 1. The van der Waals surface area contributed by atoms with Gasteiger partial charge in [0.15, 0.2) is 0 Å². The number of nitrogens with one attached hydrogen (secondary N) is 1. The lowest BCUT2D eigenvalue weighted by atomic mass is 10.0. The maximum absolute atomic E-state index is 12.0. The molecule has 0 unspecified atom stereocenters. The van der Waals surface area contributed by atoms with Gasteiger partial charge in [0.2, 0.25) is 11.8 Å². The number of rotatable bonds is 7. The third kappa shape index (κ3) is 4.88. The minimum absolute atomic E-state index is 0.0803. The Morgan fingerprint density at radius 2 is 1.95 bits per heavy atom. The number of hydrogen-bond acceptors (Lipinski definition) is 2. The molecule has 1 aromatic rings. The van der Waals surface area contributed by atoms with Crippen molar-refractivity contribution in [3.63, 3.8) is 0 Å². The van der Waals surface area contributed by atoms with Crippen molar-refractivity contribution in [2.45, 2.75) is 47.0 Å². The van der Waals surface area contributed by atoms with E-state index in [2.05, 4.69) is 19.2 Å². The summed E-state index contributed by atoms with van der Waals surface area (Å²) in [4.78, 5) is 25.6. The normalized spacial score (nSPS) is 10.3. The Kier molecular flexibility index (Phi) is 6.92. The number of nitrogens with zero attached hydrogens (tertiary/aromatic N) is 1. The highest BCUT2D eigenvalue weighted by molar-refractivity contribution is 5.98. The van der Waals surface area contributed by atoms with Crippen LogP contribution in [0.1, 0.15) is 44.7 Å². The summed E-state index contributed by atoms with van der Waals surface area (Å²) in [7, 11) is 0. The molecule has 4 nitrogen and oxygen atoms in total. The summed E-state index contributed by atoms with van der Waals surface area (Å²) in [5.74, 6) is -0.214. The predicted octanol–water partition coefficient (Wildman–Crippen LogP) is 2.83. The van der Waals surface area contributed by atoms with Crippen LogP contribution >= 0.6 is 0 Å². The first kappa shape index (κ1) is 17.2. The first-order valence-corrected chi connectivity index (χ1v) is 7.64. The van der Waals surface area contributed by atoms with Gasteiger partial charge in [-0.25, -0.2) is 0 Å². The number of hydrogen-bond donors (Lipinski definition) is 1. The number of unbranched alkanes of at least 4 members (excludes halogenated alkanes) is 1. The van der Waals surface area contributed by atoms with Crippen molar-refractivity contribution in [2.75, 3.05) is 18.0 Å². The first-order valence-electron chi connectivity index (χ1n) is 7.64. The minimum Gasteiger partial charge on any atom is -0.355 e. The standard InChI is InChI=1S/C17H26N2O2/c1-5-7-11-18-16(21)12-19(14(4)20)17-13(3)9-8-10-15(17)6-2/h8-10H,5-7,11-12H2,1-4H3,(H,18,21). The highest BCUT2D eigenvalue weighted by atomic mass is 16.2. The van der Waals surface area contributed by atoms with Gasteiger partial charge in [0, 0.05) is 13.5 Å². The van der Waals surface area contributed by atoms with Crippen LogP contribution in [0.4, 0.5) is 5.69 Å². The number of carbonyl (C=O) groups excluding carboxylic acids is 2. The zero-order valence-electron chi connectivity index (χ0n) is 13.5. The SMILES string of the molecule is CCCCNC(=O)CN(C(C)=O)c1c(C)cccc1CC. The third-order valence-electron chi connectivity index (χ3n) is 3.51. The Bertz CT molecular complexity index is 498. The van der Waals surface area contributed by atoms with Gasteiger partial charge in [-0.2, -0.15) is 0 Å². The van der Waals surface area contributed by atoms with Gasteiger partial charge >= 0.3 is 0 Å². The highest BCUT2D eigenvalue weighted by Crippen LogP contribution is 2.25. The van der Waals surface area contributed by atoms with Gasteiger partial charge in [0.25, 0.3) is 0 Å². The molecule has 0 atom stereocenters. The van der Waals surface area contributed by atoms with Crippen LogP contribution in [0.2, 0.25) is 0 Å². The lowest BCUT2D eigenvalue weighted by Gasteiger charge is -2.25. The smallest absolute Gasteiger partial charge is 0.240 e. The fraction of sp³-hybridized carbons (Fsp3) is 0.529. The molecule has 0 aliphatic rings. The third-order valence-corrected chi connectivity index (χ3v) is 3.51. The van der Waals surface area contributed by atoms with Gasteiger partial charge < -0.3 is 10.2 Å². The van der Waals surface area contributed by atoms with Gasteiger partial charge in [0.05, 0.1) is 5.69 Å². The number of carbonyl (C=O) groups is 2. The van der Waals surface area contributed by atoms with Gasteiger partial charge in [-0.3, -0.25) is 9.59 Å². The summed E-state index contributed by atoms with van der Waals surface area (Å²) in [6, 6.07) is 5.96. The number of amides is 2. The average Bonchev–Trinajstić information content (AvgIpc) is 2.45. The summed E-state index contributed by atoms with van der Waals surface area (Å²) in [6.07, 6.45) is 2.82. The molecule has 1 N–H and O–H groups in total. The molecule has 0 radical (unpaired) electrons. The quantitative estimate of drug-likeness (QED) is 0.785. The van der Waals surface area contributed by atoms with Crippen LogP contribution < -0.4 is 10.2 Å². The number of benzene rings is 1. The van der Waals surface area contributed by atoms with E-state index in [1.165, 1.54) is 6.92 Å². The Balaban J connectivity index is 2.93. The van der Waals surface area contributed by atoms with Crippen molar-refractivity contribution in [3.05, 3.63) is 29.3 Å². The maximum Gasteiger partial charge on any atom is 0.240 e. The van der Waals surface area contributed by atoms with Crippen LogP contribution in [0.15, 0.2) is 18.2 Å². The molecule has 1 rings (SSSR count). The monoisotopic (exact) mass is 290 g/mol.